The number of rotatable bonds is 4. The molecule has 1 N–H and O–H groups in total. The summed E-state index contributed by atoms with van der Waals surface area (Å²) in [7, 11) is 0. The minimum absolute atomic E-state index is 0.0385. The molecule has 3 rings (SSSR count). The van der Waals surface area contributed by atoms with Crippen LogP contribution in [0.5, 0.6) is 0 Å². The summed E-state index contributed by atoms with van der Waals surface area (Å²) in [6.45, 7) is 3.48. The van der Waals surface area contributed by atoms with E-state index in [-0.39, 0.29) is 31.4 Å². The lowest BCUT2D eigenvalue weighted by Gasteiger charge is -2.32. The van der Waals surface area contributed by atoms with E-state index >= 15 is 0 Å². The normalized spacial score (nSPS) is 23.8. The first-order chi connectivity index (χ1) is 11.9. The van der Waals surface area contributed by atoms with Gasteiger partial charge in [0.25, 0.3) is 0 Å². The number of nitrogens with zero attached hydrogens (tertiary/aromatic N) is 2. The van der Waals surface area contributed by atoms with Crippen LogP contribution in [0.1, 0.15) is 17.5 Å². The molecule has 0 bridgehead atoms. The van der Waals surface area contributed by atoms with Gasteiger partial charge < -0.3 is 19.6 Å². The van der Waals surface area contributed by atoms with Crippen LogP contribution in [0.25, 0.3) is 0 Å². The Labute approximate surface area is 146 Å². The molecule has 2 fully saturated rings. The number of ether oxygens (including phenoxy) is 1. The van der Waals surface area contributed by atoms with Crippen LogP contribution in [0, 0.1) is 12.8 Å². The topological polar surface area (TPSA) is 87.2 Å². The van der Waals surface area contributed by atoms with Gasteiger partial charge in [0.05, 0.1) is 19.1 Å². The van der Waals surface area contributed by atoms with Crippen molar-refractivity contribution in [2.24, 2.45) is 5.92 Å². The zero-order chi connectivity index (χ0) is 18.0. The van der Waals surface area contributed by atoms with Gasteiger partial charge in [-0.2, -0.15) is 0 Å². The van der Waals surface area contributed by atoms with E-state index in [1.54, 1.807) is 4.90 Å². The van der Waals surface area contributed by atoms with Gasteiger partial charge in [0.1, 0.15) is 0 Å². The van der Waals surface area contributed by atoms with Gasteiger partial charge in [-0.15, -0.1) is 0 Å². The fourth-order valence-corrected chi connectivity index (χ4v) is 3.26. The van der Waals surface area contributed by atoms with Crippen molar-refractivity contribution in [1.29, 1.82) is 0 Å². The molecule has 7 heteroatoms. The maximum absolute atomic E-state index is 12.7. The average Bonchev–Trinajstić information content (AvgIpc) is 2.97. The monoisotopic (exact) mass is 346 g/mol. The molecule has 1 aromatic rings. The van der Waals surface area contributed by atoms with Crippen LogP contribution >= 0.6 is 0 Å². The third-order valence-electron chi connectivity index (χ3n) is 4.71. The zero-order valence-corrected chi connectivity index (χ0v) is 14.2. The maximum Gasteiger partial charge on any atom is 0.334 e. The van der Waals surface area contributed by atoms with Crippen LogP contribution in [0.15, 0.2) is 24.3 Å². The van der Waals surface area contributed by atoms with Crippen molar-refractivity contribution in [2.75, 3.05) is 26.2 Å². The number of aryl methyl sites for hydroxylation is 1. The molecular formula is C18H22N2O5. The molecule has 0 radical (unpaired) electrons. The molecule has 2 aliphatic rings. The van der Waals surface area contributed by atoms with Crippen LogP contribution in [-0.4, -0.2) is 65.0 Å². The number of hydrogen-bond acceptors (Lipinski definition) is 4. The van der Waals surface area contributed by atoms with Crippen LogP contribution in [0.2, 0.25) is 0 Å². The first kappa shape index (κ1) is 17.4. The summed E-state index contributed by atoms with van der Waals surface area (Å²) in [5, 5.41) is 9.05. The molecule has 2 heterocycles. The van der Waals surface area contributed by atoms with Gasteiger partial charge in [-0.3, -0.25) is 9.59 Å². The molecule has 0 unspecified atom stereocenters. The van der Waals surface area contributed by atoms with Crippen molar-refractivity contribution in [2.45, 2.75) is 26.0 Å². The number of hydrogen-bond donors (Lipinski definition) is 1. The number of carbonyl (C=O) groups excluding carboxylic acids is 2. The Balaban J connectivity index is 1.60. The second-order valence-electron chi connectivity index (χ2n) is 6.64. The molecule has 0 aliphatic carbocycles. The Hall–Kier alpha value is -2.41. The van der Waals surface area contributed by atoms with Gasteiger partial charge in [0, 0.05) is 26.1 Å². The second kappa shape index (κ2) is 7.23. The van der Waals surface area contributed by atoms with Crippen molar-refractivity contribution in [3.05, 3.63) is 35.4 Å². The molecule has 2 atom stereocenters. The van der Waals surface area contributed by atoms with Crippen molar-refractivity contribution in [3.8, 4) is 0 Å². The minimum atomic E-state index is -1.07. The predicted molar refractivity (Wildman–Crippen MR) is 88.7 cm³/mol. The van der Waals surface area contributed by atoms with Crippen molar-refractivity contribution >= 4 is 17.8 Å². The Morgan fingerprint density at radius 2 is 1.96 bits per heavy atom. The zero-order valence-electron chi connectivity index (χ0n) is 14.2. The van der Waals surface area contributed by atoms with Crippen LogP contribution in [0.4, 0.5) is 0 Å². The molecule has 0 spiro atoms. The number of benzene rings is 1. The summed E-state index contributed by atoms with van der Waals surface area (Å²) in [5.41, 5.74) is 2.19. The Bertz CT molecular complexity index is 673. The molecule has 0 saturated carbocycles. The summed E-state index contributed by atoms with van der Waals surface area (Å²) in [4.78, 5) is 39.2. The summed E-state index contributed by atoms with van der Waals surface area (Å²) >= 11 is 0. The third-order valence-corrected chi connectivity index (χ3v) is 4.71. The van der Waals surface area contributed by atoms with Gasteiger partial charge in [-0.25, -0.2) is 4.79 Å². The third kappa shape index (κ3) is 3.99. The molecule has 2 aliphatic heterocycles. The van der Waals surface area contributed by atoms with Gasteiger partial charge in [0.15, 0.2) is 6.10 Å². The molecule has 2 amide bonds. The number of carboxylic acid groups (broad SMARTS) is 1. The van der Waals surface area contributed by atoms with Crippen molar-refractivity contribution in [3.63, 3.8) is 0 Å². The first-order valence-corrected chi connectivity index (χ1v) is 8.40. The smallest absolute Gasteiger partial charge is 0.334 e. The Morgan fingerprint density at radius 3 is 2.64 bits per heavy atom. The lowest BCUT2D eigenvalue weighted by molar-refractivity contribution is -0.160. The summed E-state index contributed by atoms with van der Waals surface area (Å²) < 4.78 is 5.14. The van der Waals surface area contributed by atoms with E-state index in [4.69, 9.17) is 9.84 Å². The highest BCUT2D eigenvalue weighted by Crippen LogP contribution is 2.23. The fourth-order valence-electron chi connectivity index (χ4n) is 3.26. The lowest BCUT2D eigenvalue weighted by atomic mass is 10.1. The quantitative estimate of drug-likeness (QED) is 0.865. The second-order valence-corrected chi connectivity index (χ2v) is 6.64. The van der Waals surface area contributed by atoms with Crippen molar-refractivity contribution in [1.82, 2.24) is 9.80 Å². The molecule has 0 aromatic heterocycles. The first-order valence-electron chi connectivity index (χ1n) is 8.40. The number of carboxylic acids is 1. The molecule has 1 aromatic carbocycles. The van der Waals surface area contributed by atoms with E-state index in [2.05, 4.69) is 0 Å². The van der Waals surface area contributed by atoms with E-state index in [1.165, 1.54) is 4.90 Å². The number of likely N-dealkylation sites (tertiary alicyclic amines) is 1. The number of amides is 2. The Kier molecular flexibility index (Phi) is 5.03. The van der Waals surface area contributed by atoms with Gasteiger partial charge in [-0.1, -0.05) is 29.8 Å². The average molecular weight is 346 g/mol. The lowest BCUT2D eigenvalue weighted by Crippen LogP contribution is -2.50. The minimum Gasteiger partial charge on any atom is -0.479 e. The number of carbonyl (C=O) groups is 3. The maximum atomic E-state index is 12.7. The van der Waals surface area contributed by atoms with Crippen LogP contribution < -0.4 is 0 Å². The molecular weight excluding hydrogens is 324 g/mol. The SMILES string of the molecule is Cc1ccc(CN2C[C@H](C(=O)N3CCO[C@H](C(=O)O)C3)CC2=O)cc1. The molecule has 2 saturated heterocycles. The highest BCUT2D eigenvalue weighted by atomic mass is 16.5. The number of morpholine rings is 1. The van der Waals surface area contributed by atoms with E-state index in [0.717, 1.165) is 11.1 Å². The highest BCUT2D eigenvalue weighted by Gasteiger charge is 2.38. The summed E-state index contributed by atoms with van der Waals surface area (Å²) in [5.74, 6) is -1.68. The van der Waals surface area contributed by atoms with E-state index in [1.807, 2.05) is 31.2 Å². The predicted octanol–water partition coefficient (Wildman–Crippen LogP) is 0.656. The standard InChI is InChI=1S/C18H22N2O5/c1-12-2-4-13(5-3-12)9-20-10-14(8-16(20)21)17(22)19-6-7-25-15(11-19)18(23)24/h2-5,14-15H,6-11H2,1H3,(H,23,24)/t14-,15+/m1/s1. The van der Waals surface area contributed by atoms with E-state index in [0.29, 0.717) is 19.6 Å². The summed E-state index contributed by atoms with van der Waals surface area (Å²) in [6, 6.07) is 7.96. The van der Waals surface area contributed by atoms with E-state index in [9.17, 15) is 14.4 Å². The van der Waals surface area contributed by atoms with Crippen molar-refractivity contribution < 1.29 is 24.2 Å². The number of aliphatic carboxylic acids is 1. The van der Waals surface area contributed by atoms with Crippen LogP contribution in [-0.2, 0) is 25.7 Å². The Morgan fingerprint density at radius 1 is 1.24 bits per heavy atom. The summed E-state index contributed by atoms with van der Waals surface area (Å²) in [6.07, 6.45) is -0.807. The molecule has 134 valence electrons. The van der Waals surface area contributed by atoms with Gasteiger partial charge in [-0.05, 0) is 12.5 Å². The van der Waals surface area contributed by atoms with Gasteiger partial charge >= 0.3 is 5.97 Å². The molecule has 7 nitrogen and oxygen atoms in total. The largest absolute Gasteiger partial charge is 0.479 e. The van der Waals surface area contributed by atoms with Crippen LogP contribution in [0.3, 0.4) is 0 Å². The fraction of sp³-hybridized carbons (Fsp3) is 0.500. The van der Waals surface area contributed by atoms with Gasteiger partial charge in [0.2, 0.25) is 11.8 Å². The van der Waals surface area contributed by atoms with E-state index < -0.39 is 18.0 Å². The highest BCUT2D eigenvalue weighted by molar-refractivity contribution is 5.89. The molecule has 25 heavy (non-hydrogen) atoms.